The predicted molar refractivity (Wildman–Crippen MR) is 135 cm³/mol. The summed E-state index contributed by atoms with van der Waals surface area (Å²) in [5.74, 6) is 1.34. The Balaban J connectivity index is 1.35. The highest BCUT2D eigenvalue weighted by Gasteiger charge is 2.25. The summed E-state index contributed by atoms with van der Waals surface area (Å²) in [5, 5.41) is 8.10. The molecule has 1 aromatic carbocycles. The van der Waals surface area contributed by atoms with Gasteiger partial charge in [-0.3, -0.25) is 4.98 Å². The van der Waals surface area contributed by atoms with Gasteiger partial charge in [-0.05, 0) is 42.0 Å². The average Bonchev–Trinajstić information content (AvgIpc) is 3.24. The number of nitrogens with two attached hydrogens (primary N) is 1. The standard InChI is InChI=1S/C25H30BN7/c26-21-15-30-33-24(29-14-18-6-4-10-28-13-18)12-23(31-25(21)33)20-9-5-11-32(16-20)17-22(27)19-7-2-1-3-8-19/h1-4,6-8,10,12-13,15,20,22,29H,5,9,11,14,16-17,26-27H2. The lowest BCUT2D eigenvalue weighted by Crippen LogP contribution is -2.39. The Kier molecular flexibility index (Phi) is 6.37. The summed E-state index contributed by atoms with van der Waals surface area (Å²) in [7, 11) is 2.07. The fourth-order valence-electron chi connectivity index (χ4n) is 4.67. The van der Waals surface area contributed by atoms with Gasteiger partial charge >= 0.3 is 0 Å². The van der Waals surface area contributed by atoms with Crippen molar-refractivity contribution in [3.63, 3.8) is 0 Å². The first-order valence-corrected chi connectivity index (χ1v) is 11.7. The molecule has 8 heteroatoms. The number of hydrogen-bond acceptors (Lipinski definition) is 6. The highest BCUT2D eigenvalue weighted by atomic mass is 15.3. The largest absolute Gasteiger partial charge is 0.366 e. The normalized spacial score (nSPS) is 17.8. The zero-order valence-corrected chi connectivity index (χ0v) is 19.1. The summed E-state index contributed by atoms with van der Waals surface area (Å²) >= 11 is 0. The SMILES string of the molecule is Bc1cnn2c(NCc3cccnc3)cc(C3CCCN(CC(N)c4ccccc4)C3)nc12. The third-order valence-electron chi connectivity index (χ3n) is 6.47. The van der Waals surface area contributed by atoms with Crippen molar-refractivity contribution in [1.82, 2.24) is 24.5 Å². The first-order chi connectivity index (χ1) is 16.2. The van der Waals surface area contributed by atoms with E-state index in [0.717, 1.165) is 60.7 Å². The molecule has 7 nitrogen and oxygen atoms in total. The molecule has 1 fully saturated rings. The minimum Gasteiger partial charge on any atom is -0.366 e. The minimum absolute atomic E-state index is 0.0224. The summed E-state index contributed by atoms with van der Waals surface area (Å²) in [4.78, 5) is 11.7. The molecule has 0 aliphatic carbocycles. The van der Waals surface area contributed by atoms with E-state index in [1.54, 1.807) is 6.20 Å². The molecular formula is C25H30BN7. The van der Waals surface area contributed by atoms with Gasteiger partial charge in [-0.25, -0.2) is 4.98 Å². The number of pyridine rings is 1. The molecule has 0 bridgehead atoms. The van der Waals surface area contributed by atoms with Crippen molar-refractivity contribution in [2.45, 2.75) is 31.3 Å². The van der Waals surface area contributed by atoms with E-state index in [0.29, 0.717) is 12.5 Å². The molecule has 4 aromatic rings. The van der Waals surface area contributed by atoms with E-state index in [2.05, 4.69) is 64.5 Å². The third kappa shape index (κ3) is 4.92. The first-order valence-electron chi connectivity index (χ1n) is 11.7. The van der Waals surface area contributed by atoms with Crippen LogP contribution in [-0.2, 0) is 6.54 Å². The molecule has 5 rings (SSSR count). The van der Waals surface area contributed by atoms with E-state index in [-0.39, 0.29) is 6.04 Å². The van der Waals surface area contributed by atoms with Crippen molar-refractivity contribution in [1.29, 1.82) is 0 Å². The van der Waals surface area contributed by atoms with Crippen LogP contribution < -0.4 is 16.5 Å². The zero-order chi connectivity index (χ0) is 22.6. The minimum atomic E-state index is 0.0224. The molecule has 0 amide bonds. The van der Waals surface area contributed by atoms with Gasteiger partial charge in [-0.15, -0.1) is 0 Å². The lowest BCUT2D eigenvalue weighted by Gasteiger charge is -2.34. The van der Waals surface area contributed by atoms with Gasteiger partial charge < -0.3 is 16.0 Å². The third-order valence-corrected chi connectivity index (χ3v) is 6.47. The van der Waals surface area contributed by atoms with Crippen LogP contribution >= 0.6 is 0 Å². The maximum absolute atomic E-state index is 6.53. The number of benzene rings is 1. The van der Waals surface area contributed by atoms with Crippen LogP contribution in [0.4, 0.5) is 5.82 Å². The summed E-state index contributed by atoms with van der Waals surface area (Å²) in [6, 6.07) is 16.6. The van der Waals surface area contributed by atoms with Crippen LogP contribution in [0.3, 0.4) is 0 Å². The maximum Gasteiger partial charge on any atom is 0.151 e. The molecule has 4 heterocycles. The van der Waals surface area contributed by atoms with Gasteiger partial charge in [0.05, 0.1) is 5.69 Å². The molecule has 0 spiro atoms. The summed E-state index contributed by atoms with van der Waals surface area (Å²) in [5.41, 5.74) is 12.0. The number of piperidine rings is 1. The Morgan fingerprint density at radius 2 is 2.03 bits per heavy atom. The second-order valence-electron chi connectivity index (χ2n) is 8.96. The average molecular weight is 439 g/mol. The topological polar surface area (TPSA) is 84.4 Å². The molecule has 2 unspecified atom stereocenters. The van der Waals surface area contributed by atoms with Crippen molar-refractivity contribution >= 4 is 24.8 Å². The zero-order valence-electron chi connectivity index (χ0n) is 19.1. The molecule has 1 aliphatic heterocycles. The van der Waals surface area contributed by atoms with Gasteiger partial charge in [-0.1, -0.05) is 36.4 Å². The van der Waals surface area contributed by atoms with Crippen molar-refractivity contribution < 1.29 is 0 Å². The van der Waals surface area contributed by atoms with Crippen LogP contribution in [-0.4, -0.2) is 52.0 Å². The molecular weight excluding hydrogens is 409 g/mol. The van der Waals surface area contributed by atoms with Crippen LogP contribution in [0, 0.1) is 0 Å². The summed E-state index contributed by atoms with van der Waals surface area (Å²) in [6.45, 7) is 3.60. The number of fused-ring (bicyclic) bond motifs is 1. The molecule has 2 atom stereocenters. The van der Waals surface area contributed by atoms with E-state index < -0.39 is 0 Å². The van der Waals surface area contributed by atoms with E-state index in [4.69, 9.17) is 10.7 Å². The van der Waals surface area contributed by atoms with Crippen molar-refractivity contribution in [2.75, 3.05) is 25.0 Å². The molecule has 1 saturated heterocycles. The first kappa shape index (κ1) is 21.6. The van der Waals surface area contributed by atoms with Crippen LogP contribution in [0.15, 0.2) is 67.1 Å². The number of likely N-dealkylation sites (tertiary alicyclic amines) is 1. The van der Waals surface area contributed by atoms with Crippen molar-refractivity contribution in [3.05, 3.63) is 83.9 Å². The summed E-state index contributed by atoms with van der Waals surface area (Å²) < 4.78 is 1.90. The molecule has 33 heavy (non-hydrogen) atoms. The van der Waals surface area contributed by atoms with Crippen LogP contribution in [0.1, 0.15) is 41.6 Å². The van der Waals surface area contributed by atoms with E-state index in [9.17, 15) is 0 Å². The maximum atomic E-state index is 6.53. The Labute approximate surface area is 195 Å². The number of anilines is 1. The Morgan fingerprint density at radius 3 is 2.85 bits per heavy atom. The Bertz CT molecular complexity index is 1200. The van der Waals surface area contributed by atoms with Crippen LogP contribution in [0.25, 0.3) is 5.65 Å². The van der Waals surface area contributed by atoms with Gasteiger partial charge in [0.2, 0.25) is 0 Å². The highest BCUT2D eigenvalue weighted by molar-refractivity contribution is 6.36. The lowest BCUT2D eigenvalue weighted by atomic mass is 9.93. The Morgan fingerprint density at radius 1 is 1.15 bits per heavy atom. The van der Waals surface area contributed by atoms with Crippen molar-refractivity contribution in [3.8, 4) is 0 Å². The number of rotatable bonds is 7. The number of hydrogen-bond donors (Lipinski definition) is 2. The van der Waals surface area contributed by atoms with Gasteiger partial charge in [0.25, 0.3) is 0 Å². The second-order valence-corrected chi connectivity index (χ2v) is 8.96. The molecule has 1 aliphatic rings. The van der Waals surface area contributed by atoms with Crippen LogP contribution in [0.5, 0.6) is 0 Å². The lowest BCUT2D eigenvalue weighted by molar-refractivity contribution is 0.195. The number of aromatic nitrogens is 4. The molecule has 3 N–H and O–H groups in total. The van der Waals surface area contributed by atoms with Crippen molar-refractivity contribution in [2.24, 2.45) is 5.73 Å². The second kappa shape index (κ2) is 9.73. The fourth-order valence-corrected chi connectivity index (χ4v) is 4.67. The quantitative estimate of drug-likeness (QED) is 0.428. The Hall–Kier alpha value is -3.23. The molecule has 0 saturated carbocycles. The van der Waals surface area contributed by atoms with Crippen LogP contribution in [0.2, 0.25) is 0 Å². The fraction of sp³-hybridized carbons (Fsp3) is 0.320. The number of nitrogens with zero attached hydrogens (tertiary/aromatic N) is 5. The van der Waals surface area contributed by atoms with E-state index >= 15 is 0 Å². The molecule has 3 aromatic heterocycles. The van der Waals surface area contributed by atoms with Gasteiger partial charge in [0, 0.05) is 56.3 Å². The highest BCUT2D eigenvalue weighted by Crippen LogP contribution is 2.28. The molecule has 0 radical (unpaired) electrons. The van der Waals surface area contributed by atoms with Gasteiger partial charge in [0.1, 0.15) is 13.7 Å². The van der Waals surface area contributed by atoms with E-state index in [1.165, 1.54) is 5.56 Å². The monoisotopic (exact) mass is 439 g/mol. The molecule has 168 valence electrons. The van der Waals surface area contributed by atoms with E-state index in [1.807, 2.05) is 29.0 Å². The smallest absolute Gasteiger partial charge is 0.151 e. The summed E-state index contributed by atoms with van der Waals surface area (Å²) in [6.07, 6.45) is 7.84. The van der Waals surface area contributed by atoms with Gasteiger partial charge in [0.15, 0.2) is 5.65 Å². The van der Waals surface area contributed by atoms with Gasteiger partial charge in [-0.2, -0.15) is 9.61 Å². The number of nitrogens with one attached hydrogen (secondary N) is 1. The predicted octanol–water partition coefficient (Wildman–Crippen LogP) is 1.87.